The Kier molecular flexibility index (Phi) is 5.29. The zero-order valence-corrected chi connectivity index (χ0v) is 16.0. The maximum Gasteiger partial charge on any atom is 0.410 e. The SMILES string of the molecule is O=C1NCCc2c1nc(Cl)nc2N1CCN(C(=O)OCc2ccccc2)CC1. The van der Waals surface area contributed by atoms with Crippen molar-refractivity contribution < 1.29 is 14.3 Å². The molecule has 9 heteroatoms. The minimum Gasteiger partial charge on any atom is -0.445 e. The molecule has 0 spiro atoms. The number of piperazine rings is 1. The number of halogens is 1. The van der Waals surface area contributed by atoms with Crippen LogP contribution in [0.15, 0.2) is 30.3 Å². The minimum atomic E-state index is -0.328. The number of benzene rings is 1. The molecule has 1 aromatic heterocycles. The molecule has 1 saturated heterocycles. The van der Waals surface area contributed by atoms with Crippen molar-refractivity contribution in [3.63, 3.8) is 0 Å². The highest BCUT2D eigenvalue weighted by Gasteiger charge is 2.29. The summed E-state index contributed by atoms with van der Waals surface area (Å²) < 4.78 is 5.40. The van der Waals surface area contributed by atoms with Crippen LogP contribution in [0.5, 0.6) is 0 Å². The molecule has 0 aliphatic carbocycles. The maximum absolute atomic E-state index is 12.3. The molecule has 0 atom stereocenters. The predicted molar refractivity (Wildman–Crippen MR) is 103 cm³/mol. The van der Waals surface area contributed by atoms with Gasteiger partial charge in [-0.2, -0.15) is 0 Å². The molecule has 2 aromatic rings. The smallest absolute Gasteiger partial charge is 0.410 e. The quantitative estimate of drug-likeness (QED) is 0.790. The molecule has 0 saturated carbocycles. The van der Waals surface area contributed by atoms with Gasteiger partial charge in [-0.25, -0.2) is 14.8 Å². The van der Waals surface area contributed by atoms with E-state index in [0.29, 0.717) is 50.7 Å². The van der Waals surface area contributed by atoms with Gasteiger partial charge in [-0.1, -0.05) is 30.3 Å². The number of hydrogen-bond acceptors (Lipinski definition) is 6. The van der Waals surface area contributed by atoms with Crippen LogP contribution in [0, 0.1) is 0 Å². The fraction of sp³-hybridized carbons (Fsp3) is 0.368. The Bertz CT molecular complexity index is 885. The Balaban J connectivity index is 1.39. The molecular weight excluding hydrogens is 382 g/mol. The number of nitrogens with one attached hydrogen (secondary N) is 1. The van der Waals surface area contributed by atoms with E-state index in [1.54, 1.807) is 4.90 Å². The summed E-state index contributed by atoms with van der Waals surface area (Å²) in [4.78, 5) is 36.5. The van der Waals surface area contributed by atoms with Crippen LogP contribution in [-0.4, -0.2) is 59.6 Å². The van der Waals surface area contributed by atoms with Crippen molar-refractivity contribution in [2.24, 2.45) is 0 Å². The Morgan fingerprint density at radius 1 is 1.14 bits per heavy atom. The van der Waals surface area contributed by atoms with Gasteiger partial charge in [-0.15, -0.1) is 0 Å². The van der Waals surface area contributed by atoms with Gasteiger partial charge in [0, 0.05) is 38.3 Å². The van der Waals surface area contributed by atoms with Crippen molar-refractivity contribution in [1.29, 1.82) is 0 Å². The number of nitrogens with zero attached hydrogens (tertiary/aromatic N) is 4. The molecule has 2 amide bonds. The summed E-state index contributed by atoms with van der Waals surface area (Å²) in [6, 6.07) is 9.59. The molecule has 28 heavy (non-hydrogen) atoms. The van der Waals surface area contributed by atoms with Crippen LogP contribution in [0.4, 0.5) is 10.6 Å². The van der Waals surface area contributed by atoms with Crippen molar-refractivity contribution in [3.05, 3.63) is 52.4 Å². The molecule has 3 heterocycles. The molecule has 2 aliphatic heterocycles. The van der Waals surface area contributed by atoms with E-state index in [1.165, 1.54) is 0 Å². The summed E-state index contributed by atoms with van der Waals surface area (Å²) in [5.41, 5.74) is 2.11. The Labute approximate surface area is 167 Å². The summed E-state index contributed by atoms with van der Waals surface area (Å²) in [5, 5.41) is 2.82. The van der Waals surface area contributed by atoms with Gasteiger partial charge in [0.2, 0.25) is 5.28 Å². The van der Waals surface area contributed by atoms with Gasteiger partial charge >= 0.3 is 6.09 Å². The second kappa shape index (κ2) is 8.02. The molecule has 0 unspecified atom stereocenters. The lowest BCUT2D eigenvalue weighted by Crippen LogP contribution is -2.49. The zero-order chi connectivity index (χ0) is 19.5. The fourth-order valence-corrected chi connectivity index (χ4v) is 3.59. The van der Waals surface area contributed by atoms with E-state index in [2.05, 4.69) is 15.3 Å². The van der Waals surface area contributed by atoms with Crippen molar-refractivity contribution in [3.8, 4) is 0 Å². The summed E-state index contributed by atoms with van der Waals surface area (Å²) in [6.07, 6.45) is 0.332. The Hall–Kier alpha value is -2.87. The lowest BCUT2D eigenvalue weighted by atomic mass is 10.1. The average molecular weight is 402 g/mol. The van der Waals surface area contributed by atoms with Crippen LogP contribution in [0.2, 0.25) is 5.28 Å². The van der Waals surface area contributed by atoms with E-state index in [-0.39, 0.29) is 23.9 Å². The van der Waals surface area contributed by atoms with Crippen molar-refractivity contribution in [1.82, 2.24) is 20.2 Å². The predicted octanol–water partition coefficient (Wildman–Crippen LogP) is 1.87. The lowest BCUT2D eigenvalue weighted by molar-refractivity contribution is 0.0938. The number of anilines is 1. The number of amides is 2. The maximum atomic E-state index is 12.3. The van der Waals surface area contributed by atoms with Gasteiger partial charge in [0.1, 0.15) is 18.1 Å². The first-order valence-corrected chi connectivity index (χ1v) is 9.55. The molecule has 4 rings (SSSR count). The van der Waals surface area contributed by atoms with E-state index in [9.17, 15) is 9.59 Å². The third-order valence-electron chi connectivity index (χ3n) is 4.88. The van der Waals surface area contributed by atoms with Gasteiger partial charge < -0.3 is 19.9 Å². The number of aromatic nitrogens is 2. The molecule has 0 bridgehead atoms. The van der Waals surface area contributed by atoms with E-state index in [0.717, 1.165) is 11.1 Å². The molecule has 0 radical (unpaired) electrons. The number of hydrogen-bond donors (Lipinski definition) is 1. The summed E-state index contributed by atoms with van der Waals surface area (Å²) in [6.45, 7) is 3.00. The van der Waals surface area contributed by atoms with Crippen molar-refractivity contribution in [2.75, 3.05) is 37.6 Å². The van der Waals surface area contributed by atoms with Crippen molar-refractivity contribution >= 4 is 29.4 Å². The molecule has 1 fully saturated rings. The summed E-state index contributed by atoms with van der Waals surface area (Å²) in [5.74, 6) is 0.456. The van der Waals surface area contributed by atoms with Crippen LogP contribution in [0.1, 0.15) is 21.6 Å². The zero-order valence-electron chi connectivity index (χ0n) is 15.2. The van der Waals surface area contributed by atoms with Gasteiger partial charge in [0.15, 0.2) is 0 Å². The van der Waals surface area contributed by atoms with E-state index < -0.39 is 0 Å². The molecule has 8 nitrogen and oxygen atoms in total. The first kappa shape index (κ1) is 18.5. The number of ether oxygens (including phenoxy) is 1. The lowest BCUT2D eigenvalue weighted by Gasteiger charge is -2.36. The number of carbonyl (C=O) groups excluding carboxylic acids is 2. The highest BCUT2D eigenvalue weighted by Crippen LogP contribution is 2.26. The molecule has 1 N–H and O–H groups in total. The minimum absolute atomic E-state index is 0.0514. The van der Waals surface area contributed by atoms with Crippen LogP contribution in [0.3, 0.4) is 0 Å². The van der Waals surface area contributed by atoms with Gasteiger partial charge in [0.25, 0.3) is 5.91 Å². The monoisotopic (exact) mass is 401 g/mol. The summed E-state index contributed by atoms with van der Waals surface area (Å²) in [7, 11) is 0. The first-order chi connectivity index (χ1) is 13.6. The standard InChI is InChI=1S/C19H20ClN5O3/c20-18-22-15-14(6-7-21-17(15)26)16(23-18)24-8-10-25(11-9-24)19(27)28-12-13-4-2-1-3-5-13/h1-5H,6-12H2,(H,21,26). The van der Waals surface area contributed by atoms with Gasteiger partial charge in [-0.3, -0.25) is 4.79 Å². The Morgan fingerprint density at radius 2 is 1.89 bits per heavy atom. The largest absolute Gasteiger partial charge is 0.445 e. The third kappa shape index (κ3) is 3.87. The third-order valence-corrected chi connectivity index (χ3v) is 5.05. The second-order valence-corrected chi connectivity index (χ2v) is 7.00. The second-order valence-electron chi connectivity index (χ2n) is 6.66. The number of rotatable bonds is 3. The molecular formula is C19H20ClN5O3. The van der Waals surface area contributed by atoms with E-state index in [4.69, 9.17) is 16.3 Å². The van der Waals surface area contributed by atoms with Crippen LogP contribution >= 0.6 is 11.6 Å². The van der Waals surface area contributed by atoms with Gasteiger partial charge in [-0.05, 0) is 23.6 Å². The molecule has 1 aromatic carbocycles. The van der Waals surface area contributed by atoms with Crippen LogP contribution in [0.25, 0.3) is 0 Å². The van der Waals surface area contributed by atoms with E-state index in [1.807, 2.05) is 35.2 Å². The fourth-order valence-electron chi connectivity index (χ4n) is 3.42. The summed E-state index contributed by atoms with van der Waals surface area (Å²) >= 11 is 6.03. The number of carbonyl (C=O) groups is 2. The van der Waals surface area contributed by atoms with Crippen LogP contribution in [-0.2, 0) is 17.8 Å². The van der Waals surface area contributed by atoms with Crippen molar-refractivity contribution in [2.45, 2.75) is 13.0 Å². The molecule has 2 aliphatic rings. The highest BCUT2D eigenvalue weighted by molar-refractivity contribution is 6.28. The number of fused-ring (bicyclic) bond motifs is 1. The average Bonchev–Trinajstić information content (AvgIpc) is 2.73. The topological polar surface area (TPSA) is 87.7 Å². The normalized spacial score (nSPS) is 16.4. The van der Waals surface area contributed by atoms with Crippen LogP contribution < -0.4 is 10.2 Å². The Morgan fingerprint density at radius 3 is 2.64 bits per heavy atom. The first-order valence-electron chi connectivity index (χ1n) is 9.17. The van der Waals surface area contributed by atoms with E-state index >= 15 is 0 Å². The highest BCUT2D eigenvalue weighted by atomic mass is 35.5. The van der Waals surface area contributed by atoms with Gasteiger partial charge in [0.05, 0.1) is 0 Å². The molecule has 146 valence electrons.